The average molecular weight is 555 g/mol. The van der Waals surface area contributed by atoms with E-state index < -0.39 is 17.7 Å². The Labute approximate surface area is 237 Å². The second-order valence-corrected chi connectivity index (χ2v) is 9.65. The topological polar surface area (TPSA) is 89.0 Å². The summed E-state index contributed by atoms with van der Waals surface area (Å²) in [5.74, 6) is -0.780. The molecule has 3 aromatic carbocycles. The van der Waals surface area contributed by atoms with Crippen molar-refractivity contribution in [2.45, 2.75) is 26.1 Å². The Morgan fingerprint density at radius 2 is 1.68 bits per heavy atom. The van der Waals surface area contributed by atoms with E-state index in [0.717, 1.165) is 11.1 Å². The van der Waals surface area contributed by atoms with Crippen LogP contribution in [0.25, 0.3) is 5.76 Å². The number of carbonyl (C=O) groups excluding carboxylic acids is 2. The Kier molecular flexibility index (Phi) is 8.12. The van der Waals surface area contributed by atoms with Crippen molar-refractivity contribution in [2.24, 2.45) is 0 Å². The number of rotatable bonds is 9. The molecule has 1 aromatic heterocycles. The molecule has 1 atom stereocenters. The van der Waals surface area contributed by atoms with E-state index in [1.807, 2.05) is 43.3 Å². The van der Waals surface area contributed by atoms with Crippen LogP contribution in [0.15, 0.2) is 103 Å². The van der Waals surface area contributed by atoms with Crippen molar-refractivity contribution in [1.82, 2.24) is 9.88 Å². The van der Waals surface area contributed by atoms with Crippen LogP contribution in [-0.4, -0.2) is 33.3 Å². The maximum Gasteiger partial charge on any atom is 0.295 e. The molecule has 202 valence electrons. The second kappa shape index (κ2) is 12.1. The van der Waals surface area contributed by atoms with Gasteiger partial charge in [0.05, 0.1) is 18.2 Å². The third-order valence-corrected chi connectivity index (χ3v) is 6.81. The molecule has 0 bridgehead atoms. The zero-order valence-corrected chi connectivity index (χ0v) is 22.5. The number of aliphatic hydroxyl groups is 1. The van der Waals surface area contributed by atoms with Crippen LogP contribution < -0.4 is 9.47 Å². The fourth-order valence-corrected chi connectivity index (χ4v) is 4.78. The number of likely N-dealkylation sites (tertiary alicyclic amines) is 1. The number of Topliss-reactive ketones (excluding diaryl/α,β-unsaturated/α-hetero) is 1. The number of pyridine rings is 1. The molecule has 40 heavy (non-hydrogen) atoms. The number of ketones is 1. The lowest BCUT2D eigenvalue weighted by Gasteiger charge is -2.26. The van der Waals surface area contributed by atoms with E-state index in [1.165, 1.54) is 4.90 Å². The molecule has 1 saturated heterocycles. The quantitative estimate of drug-likeness (QED) is 0.148. The summed E-state index contributed by atoms with van der Waals surface area (Å²) in [6.07, 6.45) is 3.28. The summed E-state index contributed by atoms with van der Waals surface area (Å²) in [6.45, 7) is 2.71. The molecule has 8 heteroatoms. The molecule has 0 saturated carbocycles. The molecule has 5 rings (SSSR count). The molecule has 1 aliphatic rings. The van der Waals surface area contributed by atoms with Crippen LogP contribution in [0.3, 0.4) is 0 Å². The fraction of sp³-hybridized carbons (Fsp3) is 0.156. The molecule has 1 aliphatic heterocycles. The lowest BCUT2D eigenvalue weighted by atomic mass is 9.95. The predicted molar refractivity (Wildman–Crippen MR) is 152 cm³/mol. The Morgan fingerprint density at radius 1 is 0.925 bits per heavy atom. The van der Waals surface area contributed by atoms with Crippen molar-refractivity contribution >= 4 is 29.1 Å². The van der Waals surface area contributed by atoms with Gasteiger partial charge < -0.3 is 19.5 Å². The van der Waals surface area contributed by atoms with Crippen molar-refractivity contribution in [2.75, 3.05) is 6.61 Å². The van der Waals surface area contributed by atoms with Crippen LogP contribution in [0.5, 0.6) is 11.5 Å². The van der Waals surface area contributed by atoms with Gasteiger partial charge in [0.15, 0.2) is 11.5 Å². The molecule has 0 spiro atoms. The molecule has 4 aromatic rings. The number of benzene rings is 3. The highest BCUT2D eigenvalue weighted by molar-refractivity contribution is 6.46. The highest BCUT2D eigenvalue weighted by atomic mass is 35.5. The zero-order valence-electron chi connectivity index (χ0n) is 21.8. The molecule has 1 unspecified atom stereocenters. The molecule has 1 amide bonds. The van der Waals surface area contributed by atoms with E-state index in [0.29, 0.717) is 40.9 Å². The maximum absolute atomic E-state index is 13.4. The summed E-state index contributed by atoms with van der Waals surface area (Å²) < 4.78 is 12.0. The van der Waals surface area contributed by atoms with Crippen LogP contribution in [0, 0.1) is 0 Å². The minimum absolute atomic E-state index is 0.0170. The second-order valence-electron chi connectivity index (χ2n) is 9.21. The number of ether oxygens (including phenoxy) is 2. The number of amides is 1. The van der Waals surface area contributed by atoms with E-state index >= 15 is 0 Å². The van der Waals surface area contributed by atoms with Gasteiger partial charge in [0, 0.05) is 29.5 Å². The SMILES string of the molecule is CCOc1cc(C2C(=C(O)c3ccc(Cl)cc3)C(=O)C(=O)N2Cc2cccnc2)ccc1OCc1ccccc1. The summed E-state index contributed by atoms with van der Waals surface area (Å²) in [5.41, 5.74) is 2.70. The first-order valence-electron chi connectivity index (χ1n) is 12.8. The maximum atomic E-state index is 13.4. The van der Waals surface area contributed by atoms with Crippen LogP contribution in [0.1, 0.15) is 35.2 Å². The number of aromatic nitrogens is 1. The minimum Gasteiger partial charge on any atom is -0.507 e. The smallest absolute Gasteiger partial charge is 0.295 e. The summed E-state index contributed by atoms with van der Waals surface area (Å²) >= 11 is 6.03. The number of hydrogen-bond donors (Lipinski definition) is 1. The molecule has 7 nitrogen and oxygen atoms in total. The van der Waals surface area contributed by atoms with Gasteiger partial charge in [-0.3, -0.25) is 14.6 Å². The summed E-state index contributed by atoms with van der Waals surface area (Å²) in [7, 11) is 0. The Hall–Kier alpha value is -4.62. The Bertz CT molecular complexity index is 1540. The van der Waals surface area contributed by atoms with Gasteiger partial charge in [0.25, 0.3) is 11.7 Å². The number of aliphatic hydroxyl groups excluding tert-OH is 1. The van der Waals surface area contributed by atoms with Gasteiger partial charge in [-0.05, 0) is 66.1 Å². The lowest BCUT2D eigenvalue weighted by molar-refractivity contribution is -0.140. The molecule has 1 fully saturated rings. The van der Waals surface area contributed by atoms with Crippen molar-refractivity contribution in [3.8, 4) is 11.5 Å². The molecule has 0 radical (unpaired) electrons. The van der Waals surface area contributed by atoms with E-state index in [1.54, 1.807) is 60.9 Å². The zero-order chi connectivity index (χ0) is 28.1. The molecule has 1 N–H and O–H groups in total. The molecule has 0 aliphatic carbocycles. The fourth-order valence-electron chi connectivity index (χ4n) is 4.66. The van der Waals surface area contributed by atoms with Crippen molar-refractivity contribution < 1.29 is 24.2 Å². The van der Waals surface area contributed by atoms with Gasteiger partial charge in [-0.1, -0.05) is 54.1 Å². The summed E-state index contributed by atoms with van der Waals surface area (Å²) in [6, 6.07) is 24.2. The van der Waals surface area contributed by atoms with Crippen LogP contribution in [-0.2, 0) is 22.7 Å². The summed E-state index contributed by atoms with van der Waals surface area (Å²) in [5, 5.41) is 11.8. The van der Waals surface area contributed by atoms with Gasteiger partial charge >= 0.3 is 0 Å². The van der Waals surface area contributed by atoms with E-state index in [-0.39, 0.29) is 17.9 Å². The first-order chi connectivity index (χ1) is 19.5. The summed E-state index contributed by atoms with van der Waals surface area (Å²) in [4.78, 5) is 32.3. The number of carbonyl (C=O) groups is 2. The van der Waals surface area contributed by atoms with Gasteiger partial charge in [-0.25, -0.2) is 0 Å². The van der Waals surface area contributed by atoms with E-state index in [9.17, 15) is 14.7 Å². The van der Waals surface area contributed by atoms with E-state index in [4.69, 9.17) is 21.1 Å². The first-order valence-corrected chi connectivity index (χ1v) is 13.2. The average Bonchev–Trinajstić information content (AvgIpc) is 3.22. The van der Waals surface area contributed by atoms with E-state index in [2.05, 4.69) is 4.98 Å². The largest absolute Gasteiger partial charge is 0.507 e. The van der Waals surface area contributed by atoms with Crippen LogP contribution >= 0.6 is 11.6 Å². The van der Waals surface area contributed by atoms with Gasteiger partial charge in [0.2, 0.25) is 0 Å². The number of nitrogens with zero attached hydrogens (tertiary/aromatic N) is 2. The van der Waals surface area contributed by atoms with Gasteiger partial charge in [-0.15, -0.1) is 0 Å². The van der Waals surface area contributed by atoms with Crippen molar-refractivity contribution in [3.63, 3.8) is 0 Å². The van der Waals surface area contributed by atoms with Crippen molar-refractivity contribution in [3.05, 3.63) is 130 Å². The highest BCUT2D eigenvalue weighted by Gasteiger charge is 2.46. The predicted octanol–water partition coefficient (Wildman–Crippen LogP) is 6.33. The third-order valence-electron chi connectivity index (χ3n) is 6.55. The molecular weight excluding hydrogens is 528 g/mol. The van der Waals surface area contributed by atoms with Crippen LogP contribution in [0.4, 0.5) is 0 Å². The minimum atomic E-state index is -0.877. The third kappa shape index (κ3) is 5.70. The molecule has 2 heterocycles. The first kappa shape index (κ1) is 27.0. The Morgan fingerprint density at radius 3 is 2.38 bits per heavy atom. The number of hydrogen-bond acceptors (Lipinski definition) is 6. The molecular formula is C32H27ClN2O5. The van der Waals surface area contributed by atoms with Crippen molar-refractivity contribution in [1.29, 1.82) is 0 Å². The van der Waals surface area contributed by atoms with Gasteiger partial charge in [0.1, 0.15) is 12.4 Å². The van der Waals surface area contributed by atoms with Gasteiger partial charge in [-0.2, -0.15) is 0 Å². The standard InChI is InChI=1S/C32H27ClN2O5/c1-2-39-27-17-24(12-15-26(27)40-20-21-7-4-3-5-8-21)29-28(30(36)23-10-13-25(33)14-11-23)31(37)32(38)35(29)19-22-9-6-16-34-18-22/h3-18,29,36H,2,19-20H2,1H3. The number of halogens is 1. The normalized spacial score (nSPS) is 16.2. The monoisotopic (exact) mass is 554 g/mol. The Balaban J connectivity index is 1.58. The lowest BCUT2D eigenvalue weighted by Crippen LogP contribution is -2.29. The van der Waals surface area contributed by atoms with Crippen LogP contribution in [0.2, 0.25) is 5.02 Å². The highest BCUT2D eigenvalue weighted by Crippen LogP contribution is 2.43.